The quantitative estimate of drug-likeness (QED) is 0.524. The molecule has 0 aliphatic carbocycles. The molecule has 4 heterocycles. The van der Waals surface area contributed by atoms with Gasteiger partial charge in [0.25, 0.3) is 6.47 Å². The fourth-order valence-electron chi connectivity index (χ4n) is 3.12. The third-order valence-corrected chi connectivity index (χ3v) is 4.58. The van der Waals surface area contributed by atoms with Crippen LogP contribution in [0.5, 0.6) is 0 Å². The van der Waals surface area contributed by atoms with Gasteiger partial charge in [-0.05, 0) is 7.05 Å². The number of hydrogen-bond donors (Lipinski definition) is 3. The van der Waals surface area contributed by atoms with Crippen molar-refractivity contribution in [3.05, 3.63) is 11.9 Å². The summed E-state index contributed by atoms with van der Waals surface area (Å²) in [5.74, 6) is 2.51. The summed E-state index contributed by atoms with van der Waals surface area (Å²) >= 11 is 0. The van der Waals surface area contributed by atoms with E-state index >= 15 is 0 Å². The third kappa shape index (κ3) is 4.80. The molecule has 13 nitrogen and oxygen atoms in total. The fraction of sp³-hybridized carbons (Fsp3) is 0.600. The summed E-state index contributed by atoms with van der Waals surface area (Å²) in [4.78, 5) is 23.9. The van der Waals surface area contributed by atoms with Gasteiger partial charge in [0.2, 0.25) is 11.8 Å². The van der Waals surface area contributed by atoms with Gasteiger partial charge in [0.05, 0.1) is 13.2 Å². The Balaban J connectivity index is 0.000000706. The average Bonchev–Trinajstić information content (AvgIpc) is 3.24. The lowest BCUT2D eigenvalue weighted by Gasteiger charge is -2.35. The van der Waals surface area contributed by atoms with Crippen LogP contribution < -0.4 is 15.5 Å². The number of carboxylic acid groups (broad SMARTS) is 1. The number of nitrogens with one attached hydrogen (secondary N) is 1. The minimum atomic E-state index is -0.250. The van der Waals surface area contributed by atoms with Gasteiger partial charge in [-0.2, -0.15) is 15.2 Å². The first kappa shape index (κ1) is 19.7. The van der Waals surface area contributed by atoms with Gasteiger partial charge in [0.15, 0.2) is 0 Å². The Bertz CT molecular complexity index is 751. The molecule has 152 valence electrons. The molecule has 1 atom stereocenters. The minimum Gasteiger partial charge on any atom is -0.483 e. The van der Waals surface area contributed by atoms with Crippen LogP contribution >= 0.6 is 0 Å². The van der Waals surface area contributed by atoms with Crippen molar-refractivity contribution < 1.29 is 14.6 Å². The Morgan fingerprint density at radius 2 is 1.89 bits per heavy atom. The SMILES string of the molecule is CN1CCN(c2cc(N3CCOC(c4nn[nH]n4)C3)nc(N)n2)CC1.O=CO. The normalized spacial score (nSPS) is 20.4. The second-order valence-corrected chi connectivity index (χ2v) is 6.41. The van der Waals surface area contributed by atoms with E-state index in [1.807, 2.05) is 6.07 Å². The number of ether oxygens (including phenoxy) is 1. The molecule has 0 saturated carbocycles. The number of hydrogen-bond acceptors (Lipinski definition) is 11. The van der Waals surface area contributed by atoms with Gasteiger partial charge in [0.1, 0.15) is 17.7 Å². The maximum atomic E-state index is 8.36. The van der Waals surface area contributed by atoms with Gasteiger partial charge in [-0.3, -0.25) is 4.79 Å². The smallest absolute Gasteiger partial charge is 0.290 e. The van der Waals surface area contributed by atoms with E-state index in [1.54, 1.807) is 0 Å². The van der Waals surface area contributed by atoms with Gasteiger partial charge >= 0.3 is 0 Å². The number of likely N-dealkylation sites (N-methyl/N-ethyl adjacent to an activating group) is 1. The summed E-state index contributed by atoms with van der Waals surface area (Å²) in [6.45, 7) is 5.52. The molecule has 2 aromatic rings. The summed E-state index contributed by atoms with van der Waals surface area (Å²) in [5.41, 5.74) is 5.97. The molecule has 0 radical (unpaired) electrons. The third-order valence-electron chi connectivity index (χ3n) is 4.58. The van der Waals surface area contributed by atoms with Crippen molar-refractivity contribution in [2.24, 2.45) is 0 Å². The molecule has 2 aliphatic rings. The fourth-order valence-corrected chi connectivity index (χ4v) is 3.12. The van der Waals surface area contributed by atoms with Crippen molar-refractivity contribution in [1.29, 1.82) is 0 Å². The zero-order valence-electron chi connectivity index (χ0n) is 15.6. The van der Waals surface area contributed by atoms with E-state index in [-0.39, 0.29) is 18.5 Å². The van der Waals surface area contributed by atoms with E-state index in [9.17, 15) is 0 Å². The monoisotopic (exact) mass is 392 g/mol. The second kappa shape index (κ2) is 9.23. The van der Waals surface area contributed by atoms with E-state index in [0.29, 0.717) is 19.0 Å². The van der Waals surface area contributed by atoms with Crippen LogP contribution in [0, 0.1) is 0 Å². The highest BCUT2D eigenvalue weighted by Gasteiger charge is 2.27. The van der Waals surface area contributed by atoms with Crippen LogP contribution in [0.1, 0.15) is 11.9 Å². The van der Waals surface area contributed by atoms with Gasteiger partial charge in [0, 0.05) is 38.8 Å². The minimum absolute atomic E-state index is 0.240. The summed E-state index contributed by atoms with van der Waals surface area (Å²) in [7, 11) is 2.13. The van der Waals surface area contributed by atoms with Crippen LogP contribution in [0.3, 0.4) is 0 Å². The van der Waals surface area contributed by atoms with E-state index in [1.165, 1.54) is 0 Å². The Morgan fingerprint density at radius 3 is 2.54 bits per heavy atom. The van der Waals surface area contributed by atoms with Gasteiger partial charge < -0.3 is 30.3 Å². The van der Waals surface area contributed by atoms with Crippen molar-refractivity contribution in [2.75, 3.05) is 68.5 Å². The van der Waals surface area contributed by atoms with Crippen LogP contribution in [0.2, 0.25) is 0 Å². The van der Waals surface area contributed by atoms with E-state index in [0.717, 1.165) is 44.4 Å². The predicted molar refractivity (Wildman–Crippen MR) is 99.9 cm³/mol. The molecular formula is C15H24N10O3. The number of H-pyrrole nitrogens is 1. The first-order chi connectivity index (χ1) is 13.6. The highest BCUT2D eigenvalue weighted by molar-refractivity contribution is 5.54. The Kier molecular flexibility index (Phi) is 6.49. The number of nitrogens with two attached hydrogens (primary N) is 1. The highest BCUT2D eigenvalue weighted by atomic mass is 16.5. The van der Waals surface area contributed by atoms with Gasteiger partial charge in [-0.25, -0.2) is 0 Å². The lowest BCUT2D eigenvalue weighted by atomic mass is 10.2. The van der Waals surface area contributed by atoms with E-state index < -0.39 is 0 Å². The zero-order valence-corrected chi connectivity index (χ0v) is 15.6. The number of tetrazole rings is 1. The van der Waals surface area contributed by atoms with Crippen LogP contribution in [-0.2, 0) is 9.53 Å². The molecule has 28 heavy (non-hydrogen) atoms. The molecule has 4 rings (SSSR count). The lowest BCUT2D eigenvalue weighted by Crippen LogP contribution is -2.45. The van der Waals surface area contributed by atoms with Crippen LogP contribution in [0.15, 0.2) is 6.07 Å². The first-order valence-corrected chi connectivity index (χ1v) is 8.86. The first-order valence-electron chi connectivity index (χ1n) is 8.86. The molecule has 4 N–H and O–H groups in total. The summed E-state index contributed by atoms with van der Waals surface area (Å²) in [6, 6.07) is 2.00. The zero-order chi connectivity index (χ0) is 19.9. The van der Waals surface area contributed by atoms with E-state index in [4.69, 9.17) is 20.4 Å². The Morgan fingerprint density at radius 1 is 1.21 bits per heavy atom. The summed E-state index contributed by atoms with van der Waals surface area (Å²) in [6.07, 6.45) is -0.240. The molecule has 0 aromatic carbocycles. The summed E-state index contributed by atoms with van der Waals surface area (Å²) < 4.78 is 5.75. The number of anilines is 3. The van der Waals surface area contributed by atoms with Crippen LogP contribution in [-0.4, -0.2) is 100.0 Å². The molecule has 2 fully saturated rings. The van der Waals surface area contributed by atoms with Gasteiger partial charge in [-0.1, -0.05) is 5.21 Å². The predicted octanol–water partition coefficient (Wildman–Crippen LogP) is -1.40. The molecule has 13 heteroatoms. The topological polar surface area (TPSA) is 163 Å². The highest BCUT2D eigenvalue weighted by Crippen LogP contribution is 2.26. The van der Waals surface area contributed by atoms with Gasteiger partial charge in [-0.15, -0.1) is 10.2 Å². The second-order valence-electron chi connectivity index (χ2n) is 6.41. The molecule has 0 bridgehead atoms. The number of nitrogen functional groups attached to an aromatic ring is 1. The molecule has 1 unspecified atom stereocenters. The molecular weight excluding hydrogens is 368 g/mol. The number of piperazine rings is 1. The van der Waals surface area contributed by atoms with Crippen LogP contribution in [0.4, 0.5) is 17.6 Å². The van der Waals surface area contributed by atoms with Crippen molar-refractivity contribution in [3.8, 4) is 0 Å². The number of rotatable bonds is 3. The summed E-state index contributed by atoms with van der Waals surface area (Å²) in [5, 5.41) is 21.0. The van der Waals surface area contributed by atoms with Crippen molar-refractivity contribution in [2.45, 2.75) is 6.10 Å². The number of nitrogens with zero attached hydrogens (tertiary/aromatic N) is 8. The molecule has 2 saturated heterocycles. The molecule has 2 aliphatic heterocycles. The number of morpholine rings is 1. The van der Waals surface area contributed by atoms with E-state index in [2.05, 4.69) is 52.3 Å². The van der Waals surface area contributed by atoms with Crippen molar-refractivity contribution >= 4 is 24.1 Å². The largest absolute Gasteiger partial charge is 0.483 e. The standard InChI is InChI=1S/C14H22N10O.CH2O2/c1-22-2-4-23(5-3-22)11-8-12(17-14(15)16-11)24-6-7-25-10(9-24)13-18-20-21-19-13;2-1-3/h8,10H,2-7,9H2,1H3,(H2,15,16,17)(H,18,19,20,21);1H,(H,2,3). The Labute approximate surface area is 161 Å². The van der Waals surface area contributed by atoms with Crippen LogP contribution in [0.25, 0.3) is 0 Å². The molecule has 2 aromatic heterocycles. The Hall–Kier alpha value is -3.06. The lowest BCUT2D eigenvalue weighted by molar-refractivity contribution is -0.122. The maximum absolute atomic E-state index is 8.36. The van der Waals surface area contributed by atoms with Crippen molar-refractivity contribution in [3.63, 3.8) is 0 Å². The van der Waals surface area contributed by atoms with Crippen molar-refractivity contribution in [1.82, 2.24) is 35.5 Å². The average molecular weight is 392 g/mol. The number of carbonyl (C=O) groups is 1. The number of aromatic nitrogens is 6. The molecule has 0 amide bonds. The number of aromatic amines is 1. The molecule has 0 spiro atoms. The maximum Gasteiger partial charge on any atom is 0.290 e.